The lowest BCUT2D eigenvalue weighted by atomic mass is 9.86. The molecule has 1 aliphatic carbocycles. The standard InChI is InChI=1S/C13H22N2S/c1-10-5-6-13(16-10)9-15-8-11-3-2-4-12(14)7-11/h5-6,11-12,15H,2-4,7-9,14H2,1H3. The van der Waals surface area contributed by atoms with E-state index in [-0.39, 0.29) is 0 Å². The van der Waals surface area contributed by atoms with Crippen LogP contribution >= 0.6 is 11.3 Å². The zero-order valence-corrected chi connectivity index (χ0v) is 10.9. The molecule has 1 fully saturated rings. The quantitative estimate of drug-likeness (QED) is 0.846. The maximum Gasteiger partial charge on any atom is 0.0299 e. The second-order valence-electron chi connectivity index (χ2n) is 4.94. The third-order valence-corrected chi connectivity index (χ3v) is 4.35. The summed E-state index contributed by atoms with van der Waals surface area (Å²) < 4.78 is 0. The number of rotatable bonds is 4. The molecule has 90 valence electrons. The van der Waals surface area contributed by atoms with Gasteiger partial charge >= 0.3 is 0 Å². The van der Waals surface area contributed by atoms with E-state index in [0.29, 0.717) is 6.04 Å². The van der Waals surface area contributed by atoms with Crippen LogP contribution in [-0.2, 0) is 6.54 Å². The summed E-state index contributed by atoms with van der Waals surface area (Å²) in [5.74, 6) is 0.796. The van der Waals surface area contributed by atoms with Crippen molar-refractivity contribution in [3.63, 3.8) is 0 Å². The molecular weight excluding hydrogens is 216 g/mol. The van der Waals surface area contributed by atoms with Gasteiger partial charge in [-0.05, 0) is 50.8 Å². The third-order valence-electron chi connectivity index (χ3n) is 3.35. The fourth-order valence-electron chi connectivity index (χ4n) is 2.50. The first kappa shape index (κ1) is 12.1. The van der Waals surface area contributed by atoms with E-state index in [1.54, 1.807) is 0 Å². The Morgan fingerprint density at radius 1 is 1.44 bits per heavy atom. The Labute approximate surface area is 102 Å². The van der Waals surface area contributed by atoms with Crippen molar-refractivity contribution >= 4 is 11.3 Å². The van der Waals surface area contributed by atoms with Gasteiger partial charge in [0.1, 0.15) is 0 Å². The molecule has 2 nitrogen and oxygen atoms in total. The zero-order chi connectivity index (χ0) is 11.4. The van der Waals surface area contributed by atoms with Gasteiger partial charge in [0.25, 0.3) is 0 Å². The molecule has 16 heavy (non-hydrogen) atoms. The maximum atomic E-state index is 5.99. The summed E-state index contributed by atoms with van der Waals surface area (Å²) in [6, 6.07) is 4.86. The van der Waals surface area contributed by atoms with E-state index in [9.17, 15) is 0 Å². The Morgan fingerprint density at radius 2 is 2.31 bits per heavy atom. The van der Waals surface area contributed by atoms with Crippen LogP contribution in [0.1, 0.15) is 35.4 Å². The third kappa shape index (κ3) is 3.58. The average Bonchev–Trinajstić information content (AvgIpc) is 2.64. The van der Waals surface area contributed by atoms with Crippen molar-refractivity contribution in [2.75, 3.05) is 6.54 Å². The molecule has 0 amide bonds. The molecule has 0 radical (unpaired) electrons. The lowest BCUT2D eigenvalue weighted by molar-refractivity contribution is 0.310. The van der Waals surface area contributed by atoms with Crippen molar-refractivity contribution < 1.29 is 0 Å². The molecule has 1 heterocycles. The Bertz CT molecular complexity index is 321. The Balaban J connectivity index is 1.67. The van der Waals surface area contributed by atoms with Gasteiger partial charge in [-0.15, -0.1) is 11.3 Å². The highest BCUT2D eigenvalue weighted by atomic mass is 32.1. The van der Waals surface area contributed by atoms with Crippen LogP contribution < -0.4 is 11.1 Å². The van der Waals surface area contributed by atoms with Crippen LogP contribution in [-0.4, -0.2) is 12.6 Å². The number of hydrogen-bond acceptors (Lipinski definition) is 3. The summed E-state index contributed by atoms with van der Waals surface area (Å²) in [4.78, 5) is 2.84. The Morgan fingerprint density at radius 3 is 3.00 bits per heavy atom. The number of hydrogen-bond donors (Lipinski definition) is 2. The second-order valence-corrected chi connectivity index (χ2v) is 6.31. The summed E-state index contributed by atoms with van der Waals surface area (Å²) in [7, 11) is 0. The van der Waals surface area contributed by atoms with Crippen LogP contribution in [0.15, 0.2) is 12.1 Å². The highest BCUT2D eigenvalue weighted by molar-refractivity contribution is 7.11. The largest absolute Gasteiger partial charge is 0.328 e. The van der Waals surface area contributed by atoms with E-state index >= 15 is 0 Å². The molecule has 1 aliphatic rings. The molecule has 0 spiro atoms. The van der Waals surface area contributed by atoms with E-state index < -0.39 is 0 Å². The van der Waals surface area contributed by atoms with Crippen molar-refractivity contribution in [3.05, 3.63) is 21.9 Å². The molecule has 2 unspecified atom stereocenters. The monoisotopic (exact) mass is 238 g/mol. The van der Waals surface area contributed by atoms with E-state index in [1.807, 2.05) is 11.3 Å². The van der Waals surface area contributed by atoms with Gasteiger partial charge in [-0.2, -0.15) is 0 Å². The van der Waals surface area contributed by atoms with Crippen LogP contribution in [0.5, 0.6) is 0 Å². The molecule has 0 aliphatic heterocycles. The fraction of sp³-hybridized carbons (Fsp3) is 0.692. The minimum Gasteiger partial charge on any atom is -0.328 e. The zero-order valence-electron chi connectivity index (χ0n) is 10.0. The maximum absolute atomic E-state index is 5.99. The van der Waals surface area contributed by atoms with Crippen molar-refractivity contribution in [1.29, 1.82) is 0 Å². The molecule has 3 heteroatoms. The second kappa shape index (κ2) is 5.80. The minimum atomic E-state index is 0.449. The Hall–Kier alpha value is -0.380. The predicted molar refractivity (Wildman–Crippen MR) is 70.7 cm³/mol. The number of nitrogens with one attached hydrogen (secondary N) is 1. The van der Waals surface area contributed by atoms with E-state index in [0.717, 1.165) is 19.0 Å². The van der Waals surface area contributed by atoms with Crippen LogP contribution in [0.25, 0.3) is 0 Å². The van der Waals surface area contributed by atoms with Crippen LogP contribution in [0, 0.1) is 12.8 Å². The molecule has 0 bridgehead atoms. The molecule has 0 aromatic carbocycles. The van der Waals surface area contributed by atoms with Crippen molar-refractivity contribution in [2.24, 2.45) is 11.7 Å². The summed E-state index contributed by atoms with van der Waals surface area (Å²) in [5, 5.41) is 3.56. The minimum absolute atomic E-state index is 0.449. The van der Waals surface area contributed by atoms with Crippen molar-refractivity contribution in [1.82, 2.24) is 5.32 Å². The highest BCUT2D eigenvalue weighted by Gasteiger charge is 2.18. The number of thiophene rings is 1. The lowest BCUT2D eigenvalue weighted by Crippen LogP contribution is -2.33. The summed E-state index contributed by atoms with van der Waals surface area (Å²) in [6.45, 7) is 4.31. The van der Waals surface area contributed by atoms with Crippen LogP contribution in [0.3, 0.4) is 0 Å². The molecule has 0 saturated heterocycles. The predicted octanol–water partition coefficient (Wildman–Crippen LogP) is 2.66. The topological polar surface area (TPSA) is 38.0 Å². The molecule has 2 rings (SSSR count). The summed E-state index contributed by atoms with van der Waals surface area (Å²) in [5.41, 5.74) is 5.99. The van der Waals surface area contributed by atoms with E-state index in [4.69, 9.17) is 5.73 Å². The first-order chi connectivity index (χ1) is 7.74. The molecule has 3 N–H and O–H groups in total. The van der Waals surface area contributed by atoms with Crippen LogP contribution in [0.4, 0.5) is 0 Å². The molecule has 1 saturated carbocycles. The van der Waals surface area contributed by atoms with Gasteiger partial charge in [0.05, 0.1) is 0 Å². The van der Waals surface area contributed by atoms with Crippen molar-refractivity contribution in [3.8, 4) is 0 Å². The van der Waals surface area contributed by atoms with Gasteiger partial charge in [0.15, 0.2) is 0 Å². The normalized spacial score (nSPS) is 25.9. The first-order valence-electron chi connectivity index (χ1n) is 6.25. The molecule has 1 aromatic rings. The van der Waals surface area contributed by atoms with Crippen molar-refractivity contribution in [2.45, 2.75) is 45.2 Å². The summed E-state index contributed by atoms with van der Waals surface area (Å²) in [6.07, 6.45) is 5.09. The van der Waals surface area contributed by atoms with E-state index in [1.165, 1.54) is 35.4 Å². The fourth-order valence-corrected chi connectivity index (χ4v) is 3.36. The highest BCUT2D eigenvalue weighted by Crippen LogP contribution is 2.22. The van der Waals surface area contributed by atoms with Gasteiger partial charge in [-0.25, -0.2) is 0 Å². The van der Waals surface area contributed by atoms with Gasteiger partial charge in [0, 0.05) is 22.3 Å². The Kier molecular flexibility index (Phi) is 4.38. The summed E-state index contributed by atoms with van der Waals surface area (Å²) >= 11 is 1.89. The SMILES string of the molecule is Cc1ccc(CNCC2CCCC(N)C2)s1. The van der Waals surface area contributed by atoms with Gasteiger partial charge in [-0.3, -0.25) is 0 Å². The van der Waals surface area contributed by atoms with Gasteiger partial charge < -0.3 is 11.1 Å². The number of nitrogens with two attached hydrogens (primary N) is 1. The molecule has 1 aromatic heterocycles. The van der Waals surface area contributed by atoms with Crippen LogP contribution in [0.2, 0.25) is 0 Å². The number of aryl methyl sites for hydroxylation is 1. The average molecular weight is 238 g/mol. The molecule has 2 atom stereocenters. The lowest BCUT2D eigenvalue weighted by Gasteiger charge is -2.26. The smallest absolute Gasteiger partial charge is 0.0299 e. The molecular formula is C13H22N2S. The van der Waals surface area contributed by atoms with Gasteiger partial charge in [0.2, 0.25) is 0 Å². The van der Waals surface area contributed by atoms with Gasteiger partial charge in [-0.1, -0.05) is 6.42 Å². The van der Waals surface area contributed by atoms with E-state index in [2.05, 4.69) is 24.4 Å². The first-order valence-corrected chi connectivity index (χ1v) is 7.07.